The molecular weight excluding hydrogens is 234 g/mol. The van der Waals surface area contributed by atoms with Crippen molar-refractivity contribution in [2.45, 2.75) is 58.3 Å². The van der Waals surface area contributed by atoms with Gasteiger partial charge < -0.3 is 19.5 Å². The Morgan fingerprint density at radius 1 is 1.44 bits per heavy atom. The molecule has 1 amide bonds. The predicted octanol–water partition coefficient (Wildman–Crippen LogP) is 1.78. The fraction of sp³-hybridized carbons (Fsp3) is 0.923. The van der Waals surface area contributed by atoms with E-state index in [9.17, 15) is 9.90 Å². The average molecular weight is 259 g/mol. The molecule has 0 aliphatic carbocycles. The smallest absolute Gasteiger partial charge is 0.410 e. The highest BCUT2D eigenvalue weighted by Crippen LogP contribution is 2.18. The van der Waals surface area contributed by atoms with Crippen LogP contribution in [0.2, 0.25) is 0 Å². The van der Waals surface area contributed by atoms with Gasteiger partial charge in [-0.1, -0.05) is 0 Å². The van der Waals surface area contributed by atoms with E-state index in [1.165, 1.54) is 0 Å². The van der Waals surface area contributed by atoms with Gasteiger partial charge in [0.25, 0.3) is 0 Å². The molecule has 0 aromatic heterocycles. The molecule has 1 rings (SSSR count). The highest BCUT2D eigenvalue weighted by molar-refractivity contribution is 5.68. The van der Waals surface area contributed by atoms with Gasteiger partial charge in [0.2, 0.25) is 0 Å². The summed E-state index contributed by atoms with van der Waals surface area (Å²) in [4.78, 5) is 13.8. The van der Waals surface area contributed by atoms with Gasteiger partial charge >= 0.3 is 6.09 Å². The molecule has 1 aliphatic heterocycles. The van der Waals surface area contributed by atoms with Crippen LogP contribution in [0.1, 0.15) is 40.5 Å². The molecule has 5 nitrogen and oxygen atoms in total. The minimum Gasteiger partial charge on any atom is -0.444 e. The second kappa shape index (κ2) is 6.38. The van der Waals surface area contributed by atoms with E-state index in [2.05, 4.69) is 0 Å². The Hall–Kier alpha value is -0.810. The van der Waals surface area contributed by atoms with E-state index in [1.807, 2.05) is 20.8 Å². The monoisotopic (exact) mass is 259 g/mol. The number of aliphatic hydroxyl groups is 1. The maximum absolute atomic E-state index is 12.1. The first kappa shape index (κ1) is 15.2. The first-order valence-electron chi connectivity index (χ1n) is 6.55. The lowest BCUT2D eigenvalue weighted by Crippen LogP contribution is -2.48. The predicted molar refractivity (Wildman–Crippen MR) is 68.5 cm³/mol. The summed E-state index contributed by atoms with van der Waals surface area (Å²) < 4.78 is 10.7. The molecule has 18 heavy (non-hydrogen) atoms. The maximum Gasteiger partial charge on any atom is 0.410 e. The summed E-state index contributed by atoms with van der Waals surface area (Å²) in [6, 6.07) is 0.100. The van der Waals surface area contributed by atoms with Crippen LogP contribution in [0, 0.1) is 0 Å². The number of ether oxygens (including phenoxy) is 2. The van der Waals surface area contributed by atoms with Crippen molar-refractivity contribution in [3.05, 3.63) is 0 Å². The van der Waals surface area contributed by atoms with Crippen LogP contribution in [-0.2, 0) is 9.47 Å². The number of hydrogen-bond donors (Lipinski definition) is 1. The average Bonchev–Trinajstić information content (AvgIpc) is 2.24. The molecule has 1 saturated heterocycles. The Bertz CT molecular complexity index is 267. The van der Waals surface area contributed by atoms with E-state index < -0.39 is 11.7 Å². The Labute approximate surface area is 109 Å². The van der Waals surface area contributed by atoms with Crippen molar-refractivity contribution in [1.29, 1.82) is 0 Å². The molecule has 106 valence electrons. The largest absolute Gasteiger partial charge is 0.444 e. The highest BCUT2D eigenvalue weighted by atomic mass is 16.6. The lowest BCUT2D eigenvalue weighted by atomic mass is 10.1. The standard InChI is InChI=1S/C13H25NO4/c1-10(15)9-14(11-5-7-17-8-6-11)12(16)18-13(2,3)4/h10-11,15H,5-9H2,1-4H3. The van der Waals surface area contributed by atoms with Gasteiger partial charge in [0.05, 0.1) is 6.10 Å². The second-order valence-electron chi connectivity index (χ2n) is 5.83. The summed E-state index contributed by atoms with van der Waals surface area (Å²) in [5, 5.41) is 9.52. The van der Waals surface area contributed by atoms with Crippen LogP contribution >= 0.6 is 0 Å². The molecule has 1 unspecified atom stereocenters. The number of rotatable bonds is 3. The van der Waals surface area contributed by atoms with Crippen molar-refractivity contribution < 1.29 is 19.4 Å². The minimum atomic E-state index is -0.555. The van der Waals surface area contributed by atoms with E-state index in [4.69, 9.17) is 9.47 Å². The van der Waals surface area contributed by atoms with Crippen LogP contribution < -0.4 is 0 Å². The molecule has 1 N–H and O–H groups in total. The number of carbonyl (C=O) groups is 1. The van der Waals surface area contributed by atoms with Crippen LogP contribution in [0.25, 0.3) is 0 Å². The van der Waals surface area contributed by atoms with Gasteiger partial charge in [-0.05, 0) is 40.5 Å². The third-order valence-corrected chi connectivity index (χ3v) is 2.72. The van der Waals surface area contributed by atoms with E-state index in [0.29, 0.717) is 19.8 Å². The topological polar surface area (TPSA) is 59.0 Å². The van der Waals surface area contributed by atoms with Gasteiger partial charge in [0, 0.05) is 25.8 Å². The van der Waals surface area contributed by atoms with Crippen molar-refractivity contribution in [2.75, 3.05) is 19.8 Å². The van der Waals surface area contributed by atoms with Gasteiger partial charge in [-0.25, -0.2) is 4.79 Å². The number of carbonyl (C=O) groups excluding carboxylic acids is 1. The zero-order valence-electron chi connectivity index (χ0n) is 11.8. The maximum atomic E-state index is 12.1. The summed E-state index contributed by atoms with van der Waals surface area (Å²) in [6.45, 7) is 8.82. The SMILES string of the molecule is CC(O)CN(C(=O)OC(C)(C)C)C1CCOCC1. The number of amides is 1. The van der Waals surface area contributed by atoms with Gasteiger partial charge in [0.1, 0.15) is 5.60 Å². The number of nitrogens with zero attached hydrogens (tertiary/aromatic N) is 1. The summed E-state index contributed by atoms with van der Waals surface area (Å²) in [5.74, 6) is 0. The molecule has 5 heteroatoms. The van der Waals surface area contributed by atoms with Crippen molar-refractivity contribution in [3.8, 4) is 0 Å². The van der Waals surface area contributed by atoms with Crippen molar-refractivity contribution in [2.24, 2.45) is 0 Å². The third-order valence-electron chi connectivity index (χ3n) is 2.72. The van der Waals surface area contributed by atoms with Gasteiger partial charge in [-0.15, -0.1) is 0 Å². The van der Waals surface area contributed by atoms with E-state index in [1.54, 1.807) is 11.8 Å². The molecule has 0 aromatic rings. The lowest BCUT2D eigenvalue weighted by molar-refractivity contribution is -0.0161. The zero-order chi connectivity index (χ0) is 13.8. The zero-order valence-corrected chi connectivity index (χ0v) is 11.8. The minimum absolute atomic E-state index is 0.100. The normalized spacial score (nSPS) is 19.4. The van der Waals surface area contributed by atoms with Crippen LogP contribution in [0.5, 0.6) is 0 Å². The molecule has 1 aliphatic rings. The first-order chi connectivity index (χ1) is 8.29. The van der Waals surface area contributed by atoms with Gasteiger partial charge in [0.15, 0.2) is 0 Å². The van der Waals surface area contributed by atoms with Crippen LogP contribution in [0.4, 0.5) is 4.79 Å². The summed E-state index contributed by atoms with van der Waals surface area (Å²) in [5.41, 5.74) is -0.515. The number of aliphatic hydroxyl groups excluding tert-OH is 1. The van der Waals surface area contributed by atoms with Crippen LogP contribution in [-0.4, -0.2) is 53.6 Å². The Morgan fingerprint density at radius 3 is 2.44 bits per heavy atom. The first-order valence-corrected chi connectivity index (χ1v) is 6.55. The quantitative estimate of drug-likeness (QED) is 0.839. The molecule has 0 radical (unpaired) electrons. The number of hydrogen-bond acceptors (Lipinski definition) is 4. The Kier molecular flexibility index (Phi) is 5.41. The van der Waals surface area contributed by atoms with Crippen molar-refractivity contribution in [1.82, 2.24) is 4.90 Å². The molecule has 1 atom stereocenters. The molecule has 1 fully saturated rings. The summed E-state index contributed by atoms with van der Waals surface area (Å²) in [7, 11) is 0. The summed E-state index contributed by atoms with van der Waals surface area (Å²) >= 11 is 0. The second-order valence-corrected chi connectivity index (χ2v) is 5.83. The highest BCUT2D eigenvalue weighted by Gasteiger charge is 2.30. The Morgan fingerprint density at radius 2 is 2.00 bits per heavy atom. The van der Waals surface area contributed by atoms with E-state index in [-0.39, 0.29) is 12.1 Å². The van der Waals surface area contributed by atoms with Gasteiger partial charge in [-0.3, -0.25) is 0 Å². The van der Waals surface area contributed by atoms with Gasteiger partial charge in [-0.2, -0.15) is 0 Å². The van der Waals surface area contributed by atoms with Crippen molar-refractivity contribution >= 4 is 6.09 Å². The lowest BCUT2D eigenvalue weighted by Gasteiger charge is -2.36. The van der Waals surface area contributed by atoms with Crippen molar-refractivity contribution in [3.63, 3.8) is 0 Å². The Balaban J connectivity index is 2.67. The summed E-state index contributed by atoms with van der Waals surface area (Å²) in [6.07, 6.45) is 0.688. The van der Waals surface area contributed by atoms with Crippen LogP contribution in [0.3, 0.4) is 0 Å². The molecule has 0 saturated carbocycles. The molecule has 0 spiro atoms. The van der Waals surface area contributed by atoms with E-state index in [0.717, 1.165) is 12.8 Å². The fourth-order valence-corrected chi connectivity index (χ4v) is 1.97. The van der Waals surface area contributed by atoms with E-state index >= 15 is 0 Å². The molecule has 0 aromatic carbocycles. The fourth-order valence-electron chi connectivity index (χ4n) is 1.97. The molecule has 1 heterocycles. The third kappa shape index (κ3) is 5.23. The molecule has 0 bridgehead atoms. The van der Waals surface area contributed by atoms with Crippen LogP contribution in [0.15, 0.2) is 0 Å². The molecular formula is C13H25NO4.